The van der Waals surface area contributed by atoms with Crippen LogP contribution in [0.15, 0.2) is 24.3 Å². The fraction of sp³-hybridized carbons (Fsp3) is 0.400. The van der Waals surface area contributed by atoms with Crippen LogP contribution in [0.1, 0.15) is 28.8 Å². The Morgan fingerprint density at radius 1 is 1.10 bits per heavy atom. The van der Waals surface area contributed by atoms with Crippen LogP contribution in [0.4, 0.5) is 0 Å². The Hall–Kier alpha value is -2.37. The third-order valence-corrected chi connectivity index (χ3v) is 2.91. The first-order valence-corrected chi connectivity index (χ1v) is 6.55. The molecule has 0 fully saturated rings. The topological polar surface area (TPSA) is 93.9 Å². The minimum atomic E-state index is -0.144. The minimum Gasteiger partial charge on any atom is -0.337 e. The number of nitrogens with two attached hydrogens (primary N) is 1. The monoisotopic (exact) mass is 270 g/mol. The lowest BCUT2D eigenvalue weighted by molar-refractivity contribution is 0.0762. The maximum absolute atomic E-state index is 12.3. The molecule has 0 radical (unpaired) electrons. The van der Waals surface area contributed by atoms with Crippen molar-refractivity contribution >= 4 is 5.91 Å². The van der Waals surface area contributed by atoms with E-state index >= 15 is 0 Å². The van der Waals surface area contributed by atoms with E-state index in [1.807, 2.05) is 24.3 Å². The van der Waals surface area contributed by atoms with Gasteiger partial charge in [-0.15, -0.1) is 0 Å². The predicted octanol–water partition coefficient (Wildman–Crippen LogP) is 1.46. The summed E-state index contributed by atoms with van der Waals surface area (Å²) in [5, 5.41) is 17.2. The predicted molar refractivity (Wildman–Crippen MR) is 75.6 cm³/mol. The van der Waals surface area contributed by atoms with E-state index in [0.717, 1.165) is 12.0 Å². The van der Waals surface area contributed by atoms with Gasteiger partial charge in [-0.25, -0.2) is 0 Å². The zero-order valence-electron chi connectivity index (χ0n) is 11.4. The number of rotatable bonds is 7. The van der Waals surface area contributed by atoms with Crippen LogP contribution in [0.5, 0.6) is 0 Å². The number of nitriles is 2. The molecule has 0 aliphatic rings. The minimum absolute atomic E-state index is 0.144. The van der Waals surface area contributed by atoms with Crippen LogP contribution in [0, 0.1) is 22.7 Å². The Kier molecular flexibility index (Phi) is 6.81. The van der Waals surface area contributed by atoms with Crippen LogP contribution in [-0.4, -0.2) is 30.4 Å². The molecule has 0 aromatic heterocycles. The number of carbonyl (C=O) groups is 1. The van der Waals surface area contributed by atoms with Crippen LogP contribution in [0.25, 0.3) is 0 Å². The van der Waals surface area contributed by atoms with E-state index in [2.05, 4.69) is 0 Å². The molecule has 1 aromatic rings. The first kappa shape index (κ1) is 15.7. The summed E-state index contributed by atoms with van der Waals surface area (Å²) in [4.78, 5) is 13.9. The summed E-state index contributed by atoms with van der Waals surface area (Å²) in [5.41, 5.74) is 7.14. The van der Waals surface area contributed by atoms with Crippen molar-refractivity contribution in [3.8, 4) is 12.1 Å². The fourth-order valence-corrected chi connectivity index (χ4v) is 1.85. The molecule has 20 heavy (non-hydrogen) atoms. The van der Waals surface area contributed by atoms with E-state index in [1.54, 1.807) is 17.0 Å². The van der Waals surface area contributed by atoms with Gasteiger partial charge in [-0.05, 0) is 30.7 Å². The molecule has 1 rings (SSSR count). The molecule has 0 atom stereocenters. The summed E-state index contributed by atoms with van der Waals surface area (Å²) in [6.45, 7) is 1.27. The summed E-state index contributed by atoms with van der Waals surface area (Å²) in [6.07, 6.45) is 1.31. The Morgan fingerprint density at radius 3 is 2.10 bits per heavy atom. The van der Waals surface area contributed by atoms with Crippen LogP contribution in [0.2, 0.25) is 0 Å². The van der Waals surface area contributed by atoms with Gasteiger partial charge in [-0.2, -0.15) is 10.5 Å². The van der Waals surface area contributed by atoms with Gasteiger partial charge in [0.05, 0.1) is 25.0 Å². The Bertz CT molecular complexity index is 492. The molecule has 0 saturated carbocycles. The molecule has 0 bridgehead atoms. The summed E-state index contributed by atoms with van der Waals surface area (Å²) in [5.74, 6) is -0.144. The Morgan fingerprint density at radius 2 is 1.65 bits per heavy atom. The van der Waals surface area contributed by atoms with Gasteiger partial charge in [0.2, 0.25) is 0 Å². The Labute approximate surface area is 119 Å². The van der Waals surface area contributed by atoms with Crippen molar-refractivity contribution in [2.24, 2.45) is 5.73 Å². The lowest BCUT2D eigenvalue weighted by Crippen LogP contribution is -2.32. The van der Waals surface area contributed by atoms with Gasteiger partial charge in [0.25, 0.3) is 5.91 Å². The average molecular weight is 270 g/mol. The average Bonchev–Trinajstić information content (AvgIpc) is 2.48. The van der Waals surface area contributed by atoms with Gasteiger partial charge < -0.3 is 10.6 Å². The van der Waals surface area contributed by atoms with E-state index < -0.39 is 0 Å². The second kappa shape index (κ2) is 8.68. The van der Waals surface area contributed by atoms with E-state index in [-0.39, 0.29) is 18.7 Å². The SMILES string of the molecule is N#CCCN(CCC#N)C(=O)c1ccc(CCN)cc1. The highest BCUT2D eigenvalue weighted by atomic mass is 16.2. The number of hydrogen-bond acceptors (Lipinski definition) is 4. The van der Waals surface area contributed by atoms with Gasteiger partial charge in [0.1, 0.15) is 0 Å². The Balaban J connectivity index is 2.77. The molecule has 104 valence electrons. The largest absolute Gasteiger partial charge is 0.337 e. The molecule has 1 amide bonds. The molecule has 0 spiro atoms. The maximum atomic E-state index is 12.3. The fourth-order valence-electron chi connectivity index (χ4n) is 1.85. The van der Waals surface area contributed by atoms with Crippen LogP contribution in [-0.2, 0) is 6.42 Å². The zero-order valence-corrected chi connectivity index (χ0v) is 11.4. The van der Waals surface area contributed by atoms with E-state index in [4.69, 9.17) is 16.3 Å². The van der Waals surface area contributed by atoms with Gasteiger partial charge in [-0.1, -0.05) is 12.1 Å². The third kappa shape index (κ3) is 4.72. The zero-order chi connectivity index (χ0) is 14.8. The quantitative estimate of drug-likeness (QED) is 0.811. The highest BCUT2D eigenvalue weighted by Gasteiger charge is 2.14. The van der Waals surface area contributed by atoms with Crippen LogP contribution < -0.4 is 5.73 Å². The van der Waals surface area contributed by atoms with Crippen molar-refractivity contribution in [3.05, 3.63) is 35.4 Å². The van der Waals surface area contributed by atoms with Gasteiger partial charge in [-0.3, -0.25) is 4.79 Å². The van der Waals surface area contributed by atoms with Gasteiger partial charge in [0.15, 0.2) is 0 Å². The van der Waals surface area contributed by atoms with Crippen molar-refractivity contribution in [3.63, 3.8) is 0 Å². The van der Waals surface area contributed by atoms with Crippen LogP contribution >= 0.6 is 0 Å². The molecule has 0 unspecified atom stereocenters. The van der Waals surface area contributed by atoms with Gasteiger partial charge >= 0.3 is 0 Å². The molecule has 0 aliphatic heterocycles. The summed E-state index contributed by atoms with van der Waals surface area (Å²) in [7, 11) is 0. The number of carbonyl (C=O) groups excluding carboxylic acids is 1. The third-order valence-electron chi connectivity index (χ3n) is 2.91. The second-order valence-corrected chi connectivity index (χ2v) is 4.34. The second-order valence-electron chi connectivity index (χ2n) is 4.34. The van der Waals surface area contributed by atoms with Crippen molar-refractivity contribution in [1.29, 1.82) is 10.5 Å². The maximum Gasteiger partial charge on any atom is 0.253 e. The lowest BCUT2D eigenvalue weighted by Gasteiger charge is -2.20. The van der Waals surface area contributed by atoms with Gasteiger partial charge in [0, 0.05) is 18.7 Å². The van der Waals surface area contributed by atoms with Crippen molar-refractivity contribution in [1.82, 2.24) is 4.90 Å². The van der Waals surface area contributed by atoms with Crippen molar-refractivity contribution in [2.45, 2.75) is 19.3 Å². The molecule has 5 heteroatoms. The van der Waals surface area contributed by atoms with E-state index in [0.29, 0.717) is 25.2 Å². The van der Waals surface area contributed by atoms with Crippen molar-refractivity contribution in [2.75, 3.05) is 19.6 Å². The number of amides is 1. The lowest BCUT2D eigenvalue weighted by atomic mass is 10.1. The molecule has 0 heterocycles. The highest BCUT2D eigenvalue weighted by Crippen LogP contribution is 2.09. The number of hydrogen-bond donors (Lipinski definition) is 1. The molecule has 1 aromatic carbocycles. The number of benzene rings is 1. The summed E-state index contributed by atoms with van der Waals surface area (Å²) in [6, 6.07) is 11.3. The molecule has 0 saturated heterocycles. The molecule has 5 nitrogen and oxygen atoms in total. The normalized spacial score (nSPS) is 9.55. The summed E-state index contributed by atoms with van der Waals surface area (Å²) >= 11 is 0. The first-order valence-electron chi connectivity index (χ1n) is 6.55. The van der Waals surface area contributed by atoms with E-state index in [9.17, 15) is 4.79 Å². The summed E-state index contributed by atoms with van der Waals surface area (Å²) < 4.78 is 0. The van der Waals surface area contributed by atoms with Crippen LogP contribution in [0.3, 0.4) is 0 Å². The standard InChI is InChI=1S/C15H18N4O/c16-8-1-11-19(12-2-9-17)15(20)14-5-3-13(4-6-14)7-10-18/h3-6H,1-2,7,10-12,18H2. The number of nitrogens with zero attached hydrogens (tertiary/aromatic N) is 3. The molecule has 0 aliphatic carbocycles. The smallest absolute Gasteiger partial charge is 0.253 e. The van der Waals surface area contributed by atoms with Crippen molar-refractivity contribution < 1.29 is 4.79 Å². The molecule has 2 N–H and O–H groups in total. The molecular weight excluding hydrogens is 252 g/mol. The highest BCUT2D eigenvalue weighted by molar-refractivity contribution is 5.94. The first-order chi connectivity index (χ1) is 9.72. The molecular formula is C15H18N4O. The van der Waals surface area contributed by atoms with E-state index in [1.165, 1.54) is 0 Å².